The highest BCUT2D eigenvalue weighted by Crippen LogP contribution is 2.39. The molecule has 1 fully saturated rings. The van der Waals surface area contributed by atoms with Crippen LogP contribution in [0.15, 0.2) is 59.6 Å². The summed E-state index contributed by atoms with van der Waals surface area (Å²) in [5, 5.41) is 40.5. The molecular weight excluding hydrogens is 449 g/mol. The van der Waals surface area contributed by atoms with Crippen LogP contribution in [0.2, 0.25) is 10.0 Å². The molecule has 0 radical (unpaired) electrons. The number of thioether (sulfide) groups is 1. The molecule has 0 bridgehead atoms. The fourth-order valence-electron chi connectivity index (χ4n) is 3.33. The van der Waals surface area contributed by atoms with Gasteiger partial charge in [-0.1, -0.05) is 70.5 Å². The Labute approximate surface area is 187 Å². The molecule has 1 aromatic heterocycles. The van der Waals surface area contributed by atoms with Crippen molar-refractivity contribution in [2.24, 2.45) is 0 Å². The van der Waals surface area contributed by atoms with Gasteiger partial charge < -0.3 is 20.1 Å². The van der Waals surface area contributed by atoms with Crippen molar-refractivity contribution < 1.29 is 20.1 Å². The van der Waals surface area contributed by atoms with Crippen LogP contribution in [0.3, 0.4) is 0 Å². The second-order valence-electron chi connectivity index (χ2n) is 6.84. The van der Waals surface area contributed by atoms with Crippen LogP contribution in [0.25, 0.3) is 11.3 Å². The zero-order chi connectivity index (χ0) is 21.3. The maximum atomic E-state index is 11.0. The van der Waals surface area contributed by atoms with E-state index in [0.29, 0.717) is 15.7 Å². The Morgan fingerprint density at radius 2 is 1.80 bits per heavy atom. The Bertz CT molecular complexity index is 1010. The number of aromatic nitrogens is 3. The molecule has 4 rings (SSSR count). The van der Waals surface area contributed by atoms with E-state index in [1.54, 1.807) is 24.4 Å². The van der Waals surface area contributed by atoms with Crippen LogP contribution in [0, 0.1) is 0 Å². The minimum Gasteiger partial charge on any atom is -0.394 e. The summed E-state index contributed by atoms with van der Waals surface area (Å²) >= 11 is 13.3. The van der Waals surface area contributed by atoms with Gasteiger partial charge in [-0.2, -0.15) is 0 Å². The maximum absolute atomic E-state index is 11.0. The van der Waals surface area contributed by atoms with Crippen LogP contribution in [0.1, 0.15) is 6.04 Å². The summed E-state index contributed by atoms with van der Waals surface area (Å²) in [6, 6.07) is 13.7. The Balaban J connectivity index is 1.61. The summed E-state index contributed by atoms with van der Waals surface area (Å²) in [4.78, 5) is 0.726. The number of nitrogens with zero attached hydrogens (tertiary/aromatic N) is 3. The quantitative estimate of drug-likeness (QED) is 0.529. The van der Waals surface area contributed by atoms with Crippen molar-refractivity contribution >= 4 is 35.0 Å². The molecular formula is C20H19Cl2N3O4S. The topological polar surface area (TPSA) is 101 Å². The van der Waals surface area contributed by atoms with Crippen molar-refractivity contribution in [2.45, 2.75) is 34.7 Å². The van der Waals surface area contributed by atoms with Crippen LogP contribution in [0.4, 0.5) is 0 Å². The predicted octanol–water partition coefficient (Wildman–Crippen LogP) is 3.02. The van der Waals surface area contributed by atoms with Gasteiger partial charge in [0.05, 0.1) is 22.8 Å². The van der Waals surface area contributed by atoms with Crippen molar-refractivity contribution in [3.63, 3.8) is 0 Å². The van der Waals surface area contributed by atoms with Gasteiger partial charge in [0.25, 0.3) is 0 Å². The Kier molecular flexibility index (Phi) is 6.64. The van der Waals surface area contributed by atoms with Gasteiger partial charge in [-0.25, -0.2) is 4.68 Å². The Morgan fingerprint density at radius 1 is 1.03 bits per heavy atom. The van der Waals surface area contributed by atoms with E-state index < -0.39 is 36.4 Å². The number of rotatable bonds is 5. The lowest BCUT2D eigenvalue weighted by Gasteiger charge is -2.41. The molecule has 0 aliphatic carbocycles. The fourth-order valence-corrected chi connectivity index (χ4v) is 4.79. The van der Waals surface area contributed by atoms with E-state index in [0.717, 1.165) is 10.5 Å². The van der Waals surface area contributed by atoms with E-state index in [9.17, 15) is 15.3 Å². The Morgan fingerprint density at radius 3 is 2.50 bits per heavy atom. The van der Waals surface area contributed by atoms with E-state index in [-0.39, 0.29) is 0 Å². The summed E-state index contributed by atoms with van der Waals surface area (Å²) in [6.45, 7) is -0.414. The molecule has 1 aliphatic heterocycles. The monoisotopic (exact) mass is 467 g/mol. The number of benzene rings is 2. The number of ether oxygens (including phenoxy) is 1. The molecule has 5 atom stereocenters. The molecule has 0 saturated carbocycles. The summed E-state index contributed by atoms with van der Waals surface area (Å²) in [7, 11) is 0. The van der Waals surface area contributed by atoms with Crippen LogP contribution in [-0.4, -0.2) is 60.7 Å². The highest BCUT2D eigenvalue weighted by molar-refractivity contribution is 7.99. The first-order chi connectivity index (χ1) is 14.5. The largest absolute Gasteiger partial charge is 0.394 e. The van der Waals surface area contributed by atoms with Crippen molar-refractivity contribution in [1.82, 2.24) is 15.0 Å². The lowest BCUT2D eigenvalue weighted by atomic mass is 9.97. The van der Waals surface area contributed by atoms with Crippen molar-refractivity contribution in [3.8, 4) is 11.3 Å². The zero-order valence-electron chi connectivity index (χ0n) is 15.5. The summed E-state index contributed by atoms with van der Waals surface area (Å²) in [5.41, 5.74) is 0.688. The third kappa shape index (κ3) is 4.36. The molecule has 3 aromatic rings. The normalized spacial score (nSPS) is 26.6. The third-order valence-corrected chi connectivity index (χ3v) is 6.76. The fraction of sp³-hybridized carbons (Fsp3) is 0.300. The predicted molar refractivity (Wildman–Crippen MR) is 115 cm³/mol. The zero-order valence-corrected chi connectivity index (χ0v) is 17.9. The van der Waals surface area contributed by atoms with Gasteiger partial charge in [0.1, 0.15) is 35.5 Å². The minimum atomic E-state index is -1.18. The standard InChI is InChI=1S/C20H19Cl2N3O4S/c21-13-7-6-12(8-14(13)22)30-20-19(28)17(18(27)16(10-26)29-20)25-9-15(23-24-25)11-4-2-1-3-5-11/h1-9,16-20,26-28H,10H2/t16?,17?,18-,19?,20+/m0/s1. The highest BCUT2D eigenvalue weighted by atomic mass is 35.5. The number of hydrogen-bond acceptors (Lipinski definition) is 7. The van der Waals surface area contributed by atoms with Gasteiger partial charge >= 0.3 is 0 Å². The van der Waals surface area contributed by atoms with Gasteiger partial charge in [-0.05, 0) is 18.2 Å². The van der Waals surface area contributed by atoms with Gasteiger partial charge in [0, 0.05) is 10.5 Å². The minimum absolute atomic E-state index is 0.381. The second kappa shape index (κ2) is 9.23. The number of aliphatic hydroxyl groups excluding tert-OH is 3. The van der Waals surface area contributed by atoms with Crippen molar-refractivity contribution in [1.29, 1.82) is 0 Å². The highest BCUT2D eigenvalue weighted by Gasteiger charge is 2.46. The average Bonchev–Trinajstić information content (AvgIpc) is 3.23. The first-order valence-electron chi connectivity index (χ1n) is 9.19. The van der Waals surface area contributed by atoms with Crippen molar-refractivity contribution in [3.05, 3.63) is 64.8 Å². The van der Waals surface area contributed by atoms with Crippen LogP contribution < -0.4 is 0 Å². The van der Waals surface area contributed by atoms with Crippen LogP contribution >= 0.6 is 35.0 Å². The molecule has 10 heteroatoms. The molecule has 0 amide bonds. The SMILES string of the molecule is OCC1O[C@H](Sc2ccc(Cl)c(Cl)c2)C(O)C(n2cc(-c3ccccc3)nn2)[C@H]1O. The first kappa shape index (κ1) is 21.6. The van der Waals surface area contributed by atoms with E-state index in [1.165, 1.54) is 16.4 Å². The lowest BCUT2D eigenvalue weighted by Crippen LogP contribution is -2.55. The number of halogens is 2. The van der Waals surface area contributed by atoms with E-state index in [2.05, 4.69) is 10.3 Å². The van der Waals surface area contributed by atoms with Gasteiger partial charge in [0.2, 0.25) is 0 Å². The molecule has 1 saturated heterocycles. The summed E-state index contributed by atoms with van der Waals surface area (Å²) < 4.78 is 7.17. The summed E-state index contributed by atoms with van der Waals surface area (Å²) in [6.07, 6.45) is -1.55. The van der Waals surface area contributed by atoms with E-state index >= 15 is 0 Å². The molecule has 0 spiro atoms. The van der Waals surface area contributed by atoms with E-state index in [4.69, 9.17) is 27.9 Å². The van der Waals surface area contributed by atoms with Gasteiger partial charge in [-0.15, -0.1) is 5.10 Å². The smallest absolute Gasteiger partial charge is 0.136 e. The first-order valence-corrected chi connectivity index (χ1v) is 10.8. The van der Waals surface area contributed by atoms with Crippen LogP contribution in [-0.2, 0) is 4.74 Å². The number of hydrogen-bond donors (Lipinski definition) is 3. The molecule has 3 unspecified atom stereocenters. The molecule has 30 heavy (non-hydrogen) atoms. The number of aliphatic hydroxyl groups is 3. The van der Waals surface area contributed by atoms with Gasteiger partial charge in [-0.3, -0.25) is 0 Å². The molecule has 3 N–H and O–H groups in total. The average molecular weight is 468 g/mol. The van der Waals surface area contributed by atoms with Crippen LogP contribution in [0.5, 0.6) is 0 Å². The molecule has 1 aliphatic rings. The van der Waals surface area contributed by atoms with Crippen molar-refractivity contribution in [2.75, 3.05) is 6.61 Å². The Hall–Kier alpha value is -1.65. The molecule has 7 nitrogen and oxygen atoms in total. The molecule has 158 valence electrons. The van der Waals surface area contributed by atoms with E-state index in [1.807, 2.05) is 30.3 Å². The molecule has 2 aromatic carbocycles. The third-order valence-electron chi connectivity index (χ3n) is 4.88. The lowest BCUT2D eigenvalue weighted by molar-refractivity contribution is -0.178. The second-order valence-corrected chi connectivity index (χ2v) is 8.83. The molecule has 2 heterocycles. The maximum Gasteiger partial charge on any atom is 0.136 e. The summed E-state index contributed by atoms with van der Waals surface area (Å²) in [5.74, 6) is 0. The van der Waals surface area contributed by atoms with Gasteiger partial charge in [0.15, 0.2) is 0 Å².